The summed E-state index contributed by atoms with van der Waals surface area (Å²) in [5.74, 6) is 0.261. The maximum Gasteiger partial charge on any atom is 0.417 e. The van der Waals surface area contributed by atoms with Gasteiger partial charge in [0.1, 0.15) is 5.65 Å². The Morgan fingerprint density at radius 1 is 1.15 bits per heavy atom. The van der Waals surface area contributed by atoms with Crippen LogP contribution in [-0.4, -0.2) is 26.5 Å². The third kappa shape index (κ3) is 4.78. The van der Waals surface area contributed by atoms with Crippen molar-refractivity contribution in [3.63, 3.8) is 0 Å². The van der Waals surface area contributed by atoms with Gasteiger partial charge < -0.3 is 15.6 Å². The predicted octanol–water partition coefficient (Wildman–Crippen LogP) is 6.58. The van der Waals surface area contributed by atoms with Crippen molar-refractivity contribution in [2.75, 3.05) is 17.2 Å². The number of nitrogens with zero attached hydrogens (tertiary/aromatic N) is 4. The summed E-state index contributed by atoms with van der Waals surface area (Å²) in [6, 6.07) is 8.84. The molecule has 0 aliphatic heterocycles. The number of pyridine rings is 1. The number of halogens is 3. The first-order chi connectivity index (χ1) is 16.3. The van der Waals surface area contributed by atoms with Crippen LogP contribution in [0.4, 0.5) is 30.5 Å². The number of nitrogens with one attached hydrogen (secondary N) is 3. The molecule has 3 N–H and O–H groups in total. The van der Waals surface area contributed by atoms with Gasteiger partial charge in [-0.3, -0.25) is 0 Å². The van der Waals surface area contributed by atoms with Gasteiger partial charge in [0, 0.05) is 41.8 Å². The van der Waals surface area contributed by atoms with E-state index in [4.69, 9.17) is 6.57 Å². The normalized spacial score (nSPS) is 12.4. The SMILES string of the molecule is [C-]#[N+]c1cnc(N[C@H](C)c2ccc(NCCC)cc2)nc1-c1c[nH]c2ncc(C(F)(F)F)cc12. The maximum absolute atomic E-state index is 13.2. The van der Waals surface area contributed by atoms with Crippen molar-refractivity contribution in [2.45, 2.75) is 32.5 Å². The summed E-state index contributed by atoms with van der Waals surface area (Å²) in [6.07, 6.45) is 0.139. The lowest BCUT2D eigenvalue weighted by atomic mass is 10.1. The van der Waals surface area contributed by atoms with Crippen LogP contribution in [0.1, 0.15) is 37.4 Å². The van der Waals surface area contributed by atoms with Crippen LogP contribution in [0.3, 0.4) is 0 Å². The highest BCUT2D eigenvalue weighted by Crippen LogP contribution is 2.37. The highest BCUT2D eigenvalue weighted by Gasteiger charge is 2.31. The van der Waals surface area contributed by atoms with E-state index in [1.165, 1.54) is 12.4 Å². The van der Waals surface area contributed by atoms with Crippen molar-refractivity contribution in [1.82, 2.24) is 19.9 Å². The van der Waals surface area contributed by atoms with Crippen LogP contribution in [0.2, 0.25) is 0 Å². The number of alkyl halides is 3. The highest BCUT2D eigenvalue weighted by atomic mass is 19.4. The topological polar surface area (TPSA) is 82.9 Å². The summed E-state index contributed by atoms with van der Waals surface area (Å²) < 4.78 is 39.7. The molecule has 1 atom stereocenters. The molecule has 0 unspecified atom stereocenters. The molecule has 7 nitrogen and oxygen atoms in total. The fraction of sp³-hybridized carbons (Fsp3) is 0.250. The molecule has 4 aromatic rings. The van der Waals surface area contributed by atoms with Crippen LogP contribution in [0, 0.1) is 6.57 Å². The van der Waals surface area contributed by atoms with Gasteiger partial charge in [0.2, 0.25) is 11.6 Å². The van der Waals surface area contributed by atoms with E-state index in [1.54, 1.807) is 0 Å². The van der Waals surface area contributed by atoms with E-state index >= 15 is 0 Å². The van der Waals surface area contributed by atoms with E-state index < -0.39 is 11.7 Å². The zero-order valence-corrected chi connectivity index (χ0v) is 18.5. The first-order valence-electron chi connectivity index (χ1n) is 10.7. The molecule has 0 saturated heterocycles. The molecule has 0 aliphatic rings. The third-order valence-corrected chi connectivity index (χ3v) is 5.34. The van der Waals surface area contributed by atoms with Crippen LogP contribution >= 0.6 is 0 Å². The largest absolute Gasteiger partial charge is 0.417 e. The molecule has 0 spiro atoms. The third-order valence-electron chi connectivity index (χ3n) is 5.34. The summed E-state index contributed by atoms with van der Waals surface area (Å²) in [5, 5.41) is 6.76. The molecular formula is C24H22F3N7. The van der Waals surface area contributed by atoms with E-state index in [2.05, 4.69) is 42.3 Å². The van der Waals surface area contributed by atoms with E-state index in [0.717, 1.165) is 36.5 Å². The van der Waals surface area contributed by atoms with Crippen molar-refractivity contribution in [3.05, 3.63) is 71.5 Å². The van der Waals surface area contributed by atoms with Crippen molar-refractivity contribution in [3.8, 4) is 11.3 Å². The fourth-order valence-electron chi connectivity index (χ4n) is 3.52. The van der Waals surface area contributed by atoms with Gasteiger partial charge in [-0.15, -0.1) is 0 Å². The lowest BCUT2D eigenvalue weighted by molar-refractivity contribution is -0.137. The molecule has 3 aromatic heterocycles. The second kappa shape index (κ2) is 9.39. The zero-order valence-electron chi connectivity index (χ0n) is 18.5. The van der Waals surface area contributed by atoms with E-state index in [-0.39, 0.29) is 34.4 Å². The molecule has 174 valence electrons. The molecule has 0 aliphatic carbocycles. The molecule has 4 rings (SSSR count). The smallest absolute Gasteiger partial charge is 0.385 e. The minimum Gasteiger partial charge on any atom is -0.385 e. The van der Waals surface area contributed by atoms with Gasteiger partial charge in [0.15, 0.2) is 0 Å². The minimum atomic E-state index is -4.53. The van der Waals surface area contributed by atoms with Crippen LogP contribution in [0.15, 0.2) is 48.9 Å². The maximum atomic E-state index is 13.2. The second-order valence-corrected chi connectivity index (χ2v) is 7.77. The molecule has 0 amide bonds. The Bertz CT molecular complexity index is 1340. The number of benzene rings is 1. The van der Waals surface area contributed by atoms with Gasteiger partial charge in [-0.25, -0.2) is 19.8 Å². The van der Waals surface area contributed by atoms with Crippen molar-refractivity contribution in [1.29, 1.82) is 0 Å². The van der Waals surface area contributed by atoms with Gasteiger partial charge in [-0.1, -0.05) is 19.1 Å². The highest BCUT2D eigenvalue weighted by molar-refractivity contribution is 5.96. The lowest BCUT2D eigenvalue weighted by Gasteiger charge is -2.16. The summed E-state index contributed by atoms with van der Waals surface area (Å²) >= 11 is 0. The van der Waals surface area contributed by atoms with E-state index in [9.17, 15) is 13.2 Å². The van der Waals surface area contributed by atoms with E-state index in [1.807, 2.05) is 31.2 Å². The average Bonchev–Trinajstić information content (AvgIpc) is 3.25. The number of anilines is 2. The summed E-state index contributed by atoms with van der Waals surface area (Å²) in [4.78, 5) is 18.9. The minimum absolute atomic E-state index is 0.128. The Hall–Kier alpha value is -4.13. The van der Waals surface area contributed by atoms with Crippen molar-refractivity contribution >= 4 is 28.4 Å². The Labute approximate surface area is 194 Å². The number of hydrogen-bond acceptors (Lipinski definition) is 5. The molecule has 0 fully saturated rings. The lowest BCUT2D eigenvalue weighted by Crippen LogP contribution is -2.10. The number of fused-ring (bicyclic) bond motifs is 1. The number of H-pyrrole nitrogens is 1. The molecular weight excluding hydrogens is 443 g/mol. The number of aromatic nitrogens is 4. The summed E-state index contributed by atoms with van der Waals surface area (Å²) in [6.45, 7) is 12.4. The number of hydrogen-bond donors (Lipinski definition) is 3. The zero-order chi connectivity index (χ0) is 24.3. The molecule has 10 heteroatoms. The van der Waals surface area contributed by atoms with Gasteiger partial charge in [-0.05, 0) is 37.1 Å². The quantitative estimate of drug-likeness (QED) is 0.268. The molecule has 0 radical (unpaired) electrons. The number of rotatable bonds is 7. The number of aromatic amines is 1. The Kier molecular flexibility index (Phi) is 6.36. The van der Waals surface area contributed by atoms with Gasteiger partial charge in [0.05, 0.1) is 23.9 Å². The van der Waals surface area contributed by atoms with Crippen molar-refractivity contribution in [2.24, 2.45) is 0 Å². The van der Waals surface area contributed by atoms with E-state index in [0.29, 0.717) is 5.56 Å². The first-order valence-corrected chi connectivity index (χ1v) is 10.7. The fourth-order valence-corrected chi connectivity index (χ4v) is 3.52. The molecule has 34 heavy (non-hydrogen) atoms. The molecule has 1 aromatic carbocycles. The van der Waals surface area contributed by atoms with Crippen LogP contribution in [0.25, 0.3) is 27.1 Å². The van der Waals surface area contributed by atoms with Gasteiger partial charge >= 0.3 is 6.18 Å². The molecule has 0 saturated carbocycles. The van der Waals surface area contributed by atoms with Crippen LogP contribution in [-0.2, 0) is 6.18 Å². The Morgan fingerprint density at radius 2 is 1.91 bits per heavy atom. The van der Waals surface area contributed by atoms with Crippen LogP contribution in [0.5, 0.6) is 0 Å². The summed E-state index contributed by atoms with van der Waals surface area (Å²) in [7, 11) is 0. The monoisotopic (exact) mass is 465 g/mol. The molecule has 3 heterocycles. The first kappa shape index (κ1) is 23.0. The molecule has 0 bridgehead atoms. The Morgan fingerprint density at radius 3 is 2.59 bits per heavy atom. The summed E-state index contributed by atoms with van der Waals surface area (Å²) in [5.41, 5.74) is 2.15. The van der Waals surface area contributed by atoms with Crippen molar-refractivity contribution < 1.29 is 13.2 Å². The van der Waals surface area contributed by atoms with Gasteiger partial charge in [0.25, 0.3) is 0 Å². The standard InChI is InChI=1S/C24H22F3N7/c1-4-9-29-17-7-5-15(6-8-17)14(2)33-23-32-13-20(28-3)21(34-23)19-12-31-22-18(19)10-16(11-30-22)24(25,26)27/h5-8,10-14,29H,4,9H2,1-2H3,(H,30,31)(H,32,33,34)/t14-/m1/s1. The predicted molar refractivity (Wildman–Crippen MR) is 126 cm³/mol. The van der Waals surface area contributed by atoms with Crippen LogP contribution < -0.4 is 10.6 Å². The van der Waals surface area contributed by atoms with Gasteiger partial charge in [-0.2, -0.15) is 13.2 Å². The Balaban J connectivity index is 1.65. The second-order valence-electron chi connectivity index (χ2n) is 7.77. The average molecular weight is 465 g/mol.